The van der Waals surface area contributed by atoms with Crippen molar-refractivity contribution in [3.05, 3.63) is 54.6 Å². The van der Waals surface area contributed by atoms with Crippen LogP contribution in [0.3, 0.4) is 0 Å². The van der Waals surface area contributed by atoms with Crippen LogP contribution in [0.25, 0.3) is 22.2 Å². The van der Waals surface area contributed by atoms with Crippen molar-refractivity contribution in [2.45, 2.75) is 101 Å². The summed E-state index contributed by atoms with van der Waals surface area (Å²) in [5.74, 6) is -1.06. The Hall–Kier alpha value is -4.87. The number of carbonyl (C=O) groups excluding carboxylic acids is 3. The van der Waals surface area contributed by atoms with E-state index < -0.39 is 53.2 Å². The molecule has 3 amide bonds. The van der Waals surface area contributed by atoms with Crippen molar-refractivity contribution in [1.29, 1.82) is 0 Å². The highest BCUT2D eigenvalue weighted by Gasteiger charge is 2.62. The summed E-state index contributed by atoms with van der Waals surface area (Å²) < 4.78 is 17.6. The molecule has 1 aromatic heterocycles. The second kappa shape index (κ2) is 14.2. The lowest BCUT2D eigenvalue weighted by atomic mass is 10.0. The summed E-state index contributed by atoms with van der Waals surface area (Å²) in [4.78, 5) is 60.1. The molecule has 1 aliphatic carbocycles. The monoisotopic (exact) mass is 686 g/mol. The molecular formula is C38H46N4O8. The van der Waals surface area contributed by atoms with E-state index >= 15 is 0 Å². The van der Waals surface area contributed by atoms with Gasteiger partial charge in [-0.05, 0) is 58.1 Å². The van der Waals surface area contributed by atoms with Crippen molar-refractivity contribution in [2.24, 2.45) is 5.92 Å². The molecule has 0 bridgehead atoms. The maximum Gasteiger partial charge on any atom is 0.408 e. The lowest BCUT2D eigenvalue weighted by Gasteiger charge is -2.30. The van der Waals surface area contributed by atoms with Gasteiger partial charge >= 0.3 is 12.1 Å². The van der Waals surface area contributed by atoms with Gasteiger partial charge in [0.25, 0.3) is 0 Å². The summed E-state index contributed by atoms with van der Waals surface area (Å²) in [5, 5.41) is 16.5. The van der Waals surface area contributed by atoms with Crippen LogP contribution in [-0.2, 0) is 19.1 Å². The second-order valence-electron chi connectivity index (χ2n) is 14.6. The highest BCUT2D eigenvalue weighted by molar-refractivity contribution is 5.96. The molecule has 3 fully saturated rings. The third-order valence-corrected chi connectivity index (χ3v) is 9.81. The molecule has 6 rings (SSSR count). The lowest BCUT2D eigenvalue weighted by Crippen LogP contribution is -2.56. The third-order valence-electron chi connectivity index (χ3n) is 9.81. The van der Waals surface area contributed by atoms with E-state index in [1.807, 2.05) is 54.6 Å². The van der Waals surface area contributed by atoms with Crippen LogP contribution in [0.15, 0.2) is 54.6 Å². The van der Waals surface area contributed by atoms with E-state index in [2.05, 4.69) is 10.6 Å². The molecule has 266 valence electrons. The highest BCUT2D eigenvalue weighted by atomic mass is 16.6. The minimum absolute atomic E-state index is 0.0492. The first kappa shape index (κ1) is 35.0. The summed E-state index contributed by atoms with van der Waals surface area (Å²) in [6, 6.07) is 15.1. The van der Waals surface area contributed by atoms with Gasteiger partial charge in [0.15, 0.2) is 0 Å². The number of carboxylic acid groups (broad SMARTS) is 1. The number of hydrogen-bond donors (Lipinski definition) is 3. The van der Waals surface area contributed by atoms with Crippen molar-refractivity contribution < 1.29 is 38.5 Å². The molecule has 5 atom stereocenters. The largest absolute Gasteiger partial charge is 0.497 e. The van der Waals surface area contributed by atoms with Crippen LogP contribution in [0.5, 0.6) is 11.5 Å². The molecule has 3 aliphatic rings. The SMILES string of the molecule is COc1ccc2c(O[C@@H]3C[C@H]4C(=O)N[C@]5(C(=O)O)C[C@H]5CCCCCC[C@H](NC(=O)OC(C)(C)C)C(=O)N4C3)cc(-c3ccccc3)nc2c1. The number of fused-ring (bicyclic) bond motifs is 3. The van der Waals surface area contributed by atoms with Gasteiger partial charge in [-0.25, -0.2) is 14.6 Å². The van der Waals surface area contributed by atoms with Crippen LogP contribution in [-0.4, -0.2) is 81.8 Å². The maximum atomic E-state index is 14.3. The van der Waals surface area contributed by atoms with Gasteiger partial charge in [-0.2, -0.15) is 0 Å². The number of benzene rings is 2. The Morgan fingerprint density at radius 3 is 2.46 bits per heavy atom. The van der Waals surface area contributed by atoms with Gasteiger partial charge in [-0.15, -0.1) is 0 Å². The molecule has 3 N–H and O–H groups in total. The van der Waals surface area contributed by atoms with Gasteiger partial charge in [-0.1, -0.05) is 56.0 Å². The van der Waals surface area contributed by atoms with Gasteiger partial charge in [0.1, 0.15) is 40.8 Å². The number of carboxylic acids is 1. The van der Waals surface area contributed by atoms with E-state index in [0.717, 1.165) is 30.2 Å². The molecule has 0 radical (unpaired) electrons. The Balaban J connectivity index is 1.33. The summed E-state index contributed by atoms with van der Waals surface area (Å²) in [6.07, 6.45) is 3.34. The molecule has 0 unspecified atom stereocenters. The highest BCUT2D eigenvalue weighted by Crippen LogP contribution is 2.47. The Morgan fingerprint density at radius 2 is 1.76 bits per heavy atom. The van der Waals surface area contributed by atoms with Crippen LogP contribution in [0.2, 0.25) is 0 Å². The fourth-order valence-corrected chi connectivity index (χ4v) is 7.16. The zero-order chi connectivity index (χ0) is 35.6. The quantitative estimate of drug-likeness (QED) is 0.306. The summed E-state index contributed by atoms with van der Waals surface area (Å²) in [6.45, 7) is 5.29. The first-order valence-electron chi connectivity index (χ1n) is 17.4. The van der Waals surface area contributed by atoms with Crippen LogP contribution in [0, 0.1) is 5.92 Å². The van der Waals surface area contributed by atoms with Crippen molar-refractivity contribution in [2.75, 3.05) is 13.7 Å². The second-order valence-corrected chi connectivity index (χ2v) is 14.6. The normalized spacial score (nSPS) is 25.8. The van der Waals surface area contributed by atoms with Gasteiger partial charge in [-0.3, -0.25) is 9.59 Å². The van der Waals surface area contributed by atoms with Crippen LogP contribution in [0.1, 0.15) is 72.1 Å². The number of nitrogens with zero attached hydrogens (tertiary/aromatic N) is 2. The number of ether oxygens (including phenoxy) is 3. The molecule has 0 spiro atoms. The number of aliphatic carboxylic acids is 1. The van der Waals surface area contributed by atoms with Crippen LogP contribution < -0.4 is 20.1 Å². The standard InChI is InChI=1S/C38H46N4O8/c1-37(2,3)50-36(47)40-28-15-11-6-5-10-14-24-21-38(24,35(45)46)41-33(43)31-19-26(22-42(31)34(28)44)49-32-20-29(23-12-8-7-9-13-23)39-30-18-25(48-4)16-17-27(30)32/h7-9,12-13,16-18,20,24,26,28,31H,5-6,10-11,14-15,19,21-22H2,1-4H3,(H,40,47)(H,41,43)(H,45,46)/t24-,26-,28+,31+,38-/m1/s1. The summed E-state index contributed by atoms with van der Waals surface area (Å²) in [5.41, 5.74) is 0.0848. The number of rotatable bonds is 6. The summed E-state index contributed by atoms with van der Waals surface area (Å²) >= 11 is 0. The third kappa shape index (κ3) is 7.64. The van der Waals surface area contributed by atoms with Gasteiger partial charge < -0.3 is 34.9 Å². The predicted molar refractivity (Wildman–Crippen MR) is 186 cm³/mol. The number of pyridine rings is 1. The van der Waals surface area contributed by atoms with Crippen LogP contribution >= 0.6 is 0 Å². The number of methoxy groups -OCH3 is 1. The zero-order valence-electron chi connectivity index (χ0n) is 29.1. The Labute approximate surface area is 291 Å². The number of alkyl carbamates (subject to hydrolysis) is 1. The Kier molecular flexibility index (Phi) is 9.91. The predicted octanol–water partition coefficient (Wildman–Crippen LogP) is 5.47. The molecule has 12 heteroatoms. The van der Waals surface area contributed by atoms with E-state index in [0.29, 0.717) is 48.4 Å². The van der Waals surface area contributed by atoms with E-state index in [1.54, 1.807) is 27.9 Å². The molecule has 3 aromatic rings. The van der Waals surface area contributed by atoms with E-state index in [-0.39, 0.29) is 18.9 Å². The lowest BCUT2D eigenvalue weighted by molar-refractivity contribution is -0.146. The molecule has 2 aromatic carbocycles. The number of nitrogens with one attached hydrogen (secondary N) is 2. The molecule has 50 heavy (non-hydrogen) atoms. The van der Waals surface area contributed by atoms with Crippen molar-refractivity contribution >= 4 is 34.8 Å². The number of aromatic nitrogens is 1. The van der Waals surface area contributed by atoms with E-state index in [9.17, 15) is 24.3 Å². The molecular weight excluding hydrogens is 640 g/mol. The fraction of sp³-hybridized carbons (Fsp3) is 0.500. The molecule has 3 heterocycles. The minimum atomic E-state index is -1.35. The van der Waals surface area contributed by atoms with Gasteiger partial charge in [0.05, 0.1) is 24.9 Å². The average molecular weight is 687 g/mol. The average Bonchev–Trinajstić information content (AvgIpc) is 3.61. The van der Waals surface area contributed by atoms with Crippen LogP contribution in [0.4, 0.5) is 4.79 Å². The first-order valence-corrected chi connectivity index (χ1v) is 17.4. The van der Waals surface area contributed by atoms with Crippen molar-refractivity contribution in [3.63, 3.8) is 0 Å². The van der Waals surface area contributed by atoms with Crippen molar-refractivity contribution in [3.8, 4) is 22.8 Å². The van der Waals surface area contributed by atoms with Gasteiger partial charge in [0, 0.05) is 29.5 Å². The van der Waals surface area contributed by atoms with E-state index in [4.69, 9.17) is 19.2 Å². The fourth-order valence-electron chi connectivity index (χ4n) is 7.16. The minimum Gasteiger partial charge on any atom is -0.497 e. The molecule has 2 aliphatic heterocycles. The Bertz CT molecular complexity index is 1760. The summed E-state index contributed by atoms with van der Waals surface area (Å²) in [7, 11) is 1.59. The number of carbonyl (C=O) groups is 4. The zero-order valence-corrected chi connectivity index (χ0v) is 29.1. The maximum absolute atomic E-state index is 14.3. The topological polar surface area (TPSA) is 156 Å². The van der Waals surface area contributed by atoms with Gasteiger partial charge in [0.2, 0.25) is 11.8 Å². The number of hydrogen-bond acceptors (Lipinski definition) is 8. The van der Waals surface area contributed by atoms with E-state index in [1.165, 1.54) is 4.90 Å². The smallest absolute Gasteiger partial charge is 0.408 e. The van der Waals surface area contributed by atoms with Crippen molar-refractivity contribution in [1.82, 2.24) is 20.5 Å². The molecule has 12 nitrogen and oxygen atoms in total. The number of amides is 3. The Morgan fingerprint density at radius 1 is 1.02 bits per heavy atom. The molecule has 2 saturated heterocycles. The first-order chi connectivity index (χ1) is 23.9. The molecule has 1 saturated carbocycles.